The minimum atomic E-state index is -0.430. The first-order chi connectivity index (χ1) is 10.1. The minimum Gasteiger partial charge on any atom is -0.374 e. The van der Waals surface area contributed by atoms with Gasteiger partial charge in [-0.1, -0.05) is 0 Å². The summed E-state index contributed by atoms with van der Waals surface area (Å²) >= 11 is 0. The molecule has 2 rings (SSSR count). The highest BCUT2D eigenvalue weighted by Crippen LogP contribution is 2.26. The van der Waals surface area contributed by atoms with Crippen molar-refractivity contribution in [2.24, 2.45) is 5.84 Å². The summed E-state index contributed by atoms with van der Waals surface area (Å²) in [7, 11) is 1.89. The Labute approximate surface area is 122 Å². The minimum absolute atomic E-state index is 0.0104. The normalized spacial score (nSPS) is 10.2. The number of hydrogen-bond donors (Lipinski definition) is 2. The number of aromatic nitrogens is 1. The molecule has 7 heteroatoms. The Morgan fingerprint density at radius 3 is 2.67 bits per heavy atom. The monoisotopic (exact) mass is 287 g/mol. The van der Waals surface area contributed by atoms with Crippen LogP contribution in [0.3, 0.4) is 0 Å². The Morgan fingerprint density at radius 2 is 2.05 bits per heavy atom. The van der Waals surface area contributed by atoms with Crippen molar-refractivity contribution in [3.8, 4) is 0 Å². The number of nitro groups is 1. The predicted molar refractivity (Wildman–Crippen MR) is 82.1 cm³/mol. The average molecular weight is 287 g/mol. The summed E-state index contributed by atoms with van der Waals surface area (Å²) in [6, 6.07) is 8.62. The number of nitrogens with zero attached hydrogens (tertiary/aromatic N) is 3. The van der Waals surface area contributed by atoms with Crippen LogP contribution in [0.1, 0.15) is 5.56 Å². The van der Waals surface area contributed by atoms with E-state index in [1.54, 1.807) is 18.5 Å². The highest BCUT2D eigenvalue weighted by Gasteiger charge is 2.12. The molecule has 1 aromatic heterocycles. The molecule has 0 spiro atoms. The number of anilines is 2. The molecule has 0 unspecified atom stereocenters. The van der Waals surface area contributed by atoms with Crippen molar-refractivity contribution in [2.45, 2.75) is 6.42 Å². The van der Waals surface area contributed by atoms with Crippen molar-refractivity contribution in [1.82, 2.24) is 4.98 Å². The van der Waals surface area contributed by atoms with E-state index in [1.165, 1.54) is 17.7 Å². The van der Waals surface area contributed by atoms with Gasteiger partial charge in [0.2, 0.25) is 0 Å². The number of hydrazine groups is 1. The largest absolute Gasteiger partial charge is 0.374 e. The van der Waals surface area contributed by atoms with Crippen LogP contribution in [0.25, 0.3) is 0 Å². The zero-order chi connectivity index (χ0) is 15.2. The van der Waals surface area contributed by atoms with Crippen LogP contribution in [0.15, 0.2) is 42.7 Å². The van der Waals surface area contributed by atoms with Gasteiger partial charge in [-0.05, 0) is 30.2 Å². The number of rotatable bonds is 6. The molecule has 0 aliphatic rings. The number of nitrogen functional groups attached to an aromatic ring is 1. The van der Waals surface area contributed by atoms with Gasteiger partial charge in [-0.15, -0.1) is 0 Å². The first-order valence-electron chi connectivity index (χ1n) is 6.46. The van der Waals surface area contributed by atoms with Gasteiger partial charge in [-0.3, -0.25) is 20.9 Å². The zero-order valence-corrected chi connectivity index (χ0v) is 11.7. The van der Waals surface area contributed by atoms with E-state index in [2.05, 4.69) is 10.4 Å². The SMILES string of the molecule is CN(CCc1ccncc1)c1cc(NN)cc([N+](=O)[O-])c1. The predicted octanol–water partition coefficient (Wildman–Crippen LogP) is 1.95. The lowest BCUT2D eigenvalue weighted by Gasteiger charge is -2.20. The molecule has 1 heterocycles. The number of nitro benzene ring substituents is 1. The molecule has 0 saturated heterocycles. The van der Waals surface area contributed by atoms with Crippen molar-refractivity contribution in [3.63, 3.8) is 0 Å². The van der Waals surface area contributed by atoms with Crippen LogP contribution in [0.4, 0.5) is 17.1 Å². The van der Waals surface area contributed by atoms with Gasteiger partial charge in [0.1, 0.15) is 0 Å². The molecule has 3 N–H and O–H groups in total. The number of non-ortho nitro benzene ring substituents is 1. The van der Waals surface area contributed by atoms with Gasteiger partial charge in [0.15, 0.2) is 0 Å². The fraction of sp³-hybridized carbons (Fsp3) is 0.214. The maximum absolute atomic E-state index is 10.9. The molecule has 1 aromatic carbocycles. The average Bonchev–Trinajstić information content (AvgIpc) is 2.53. The van der Waals surface area contributed by atoms with Gasteiger partial charge in [-0.25, -0.2) is 0 Å². The van der Waals surface area contributed by atoms with E-state index < -0.39 is 4.92 Å². The lowest BCUT2D eigenvalue weighted by Crippen LogP contribution is -2.21. The number of nitrogens with two attached hydrogens (primary N) is 1. The van der Waals surface area contributed by atoms with Crippen molar-refractivity contribution >= 4 is 17.1 Å². The Kier molecular flexibility index (Phi) is 4.68. The Hall–Kier alpha value is -2.67. The van der Waals surface area contributed by atoms with E-state index in [4.69, 9.17) is 5.84 Å². The van der Waals surface area contributed by atoms with E-state index in [0.29, 0.717) is 5.69 Å². The van der Waals surface area contributed by atoms with Gasteiger partial charge >= 0.3 is 0 Å². The smallest absolute Gasteiger partial charge is 0.273 e. The molecule has 0 saturated carbocycles. The van der Waals surface area contributed by atoms with Crippen molar-refractivity contribution in [2.75, 3.05) is 23.9 Å². The maximum atomic E-state index is 10.9. The van der Waals surface area contributed by atoms with Gasteiger partial charge in [-0.2, -0.15) is 0 Å². The summed E-state index contributed by atoms with van der Waals surface area (Å²) in [4.78, 5) is 16.4. The fourth-order valence-electron chi connectivity index (χ4n) is 1.98. The van der Waals surface area contributed by atoms with Crippen molar-refractivity contribution < 1.29 is 4.92 Å². The molecule has 0 amide bonds. The lowest BCUT2D eigenvalue weighted by molar-refractivity contribution is -0.384. The Bertz CT molecular complexity index is 618. The molecule has 7 nitrogen and oxygen atoms in total. The summed E-state index contributed by atoms with van der Waals surface area (Å²) in [5, 5.41) is 10.9. The Balaban J connectivity index is 2.12. The van der Waals surface area contributed by atoms with Crippen LogP contribution in [-0.2, 0) is 6.42 Å². The molecule has 0 aliphatic carbocycles. The number of benzene rings is 1. The molecular formula is C14H17N5O2. The van der Waals surface area contributed by atoms with Crippen LogP contribution in [0.2, 0.25) is 0 Å². The fourth-order valence-corrected chi connectivity index (χ4v) is 1.98. The molecule has 0 aliphatic heterocycles. The first-order valence-corrected chi connectivity index (χ1v) is 6.46. The third kappa shape index (κ3) is 3.90. The second kappa shape index (κ2) is 6.67. The highest BCUT2D eigenvalue weighted by atomic mass is 16.6. The summed E-state index contributed by atoms with van der Waals surface area (Å²) in [5.41, 5.74) is 4.88. The van der Waals surface area contributed by atoms with E-state index in [-0.39, 0.29) is 5.69 Å². The number of likely N-dealkylation sites (N-methyl/N-ethyl adjacent to an activating group) is 1. The molecule has 0 bridgehead atoms. The molecule has 0 atom stereocenters. The number of hydrogen-bond acceptors (Lipinski definition) is 6. The number of pyridine rings is 1. The van der Waals surface area contributed by atoms with Gasteiger partial charge < -0.3 is 10.3 Å². The highest BCUT2D eigenvalue weighted by molar-refractivity contribution is 5.63. The second-order valence-electron chi connectivity index (χ2n) is 4.67. The van der Waals surface area contributed by atoms with Crippen molar-refractivity contribution in [3.05, 3.63) is 58.4 Å². The lowest BCUT2D eigenvalue weighted by atomic mass is 10.2. The number of nitrogens with one attached hydrogen (secondary N) is 1. The van der Waals surface area contributed by atoms with E-state index in [0.717, 1.165) is 18.7 Å². The van der Waals surface area contributed by atoms with Gasteiger partial charge in [0.25, 0.3) is 5.69 Å². The van der Waals surface area contributed by atoms with Gasteiger partial charge in [0.05, 0.1) is 10.6 Å². The summed E-state index contributed by atoms with van der Waals surface area (Å²) < 4.78 is 0. The van der Waals surface area contributed by atoms with Crippen LogP contribution in [0.5, 0.6) is 0 Å². The van der Waals surface area contributed by atoms with Crippen LogP contribution in [-0.4, -0.2) is 23.5 Å². The third-order valence-corrected chi connectivity index (χ3v) is 3.21. The van der Waals surface area contributed by atoms with Gasteiger partial charge in [0, 0.05) is 43.8 Å². The van der Waals surface area contributed by atoms with Crippen LogP contribution < -0.4 is 16.2 Å². The molecule has 21 heavy (non-hydrogen) atoms. The van der Waals surface area contributed by atoms with E-state index in [9.17, 15) is 10.1 Å². The summed E-state index contributed by atoms with van der Waals surface area (Å²) in [6.45, 7) is 0.731. The topological polar surface area (TPSA) is 97.3 Å². The first kappa shape index (κ1) is 14.7. The third-order valence-electron chi connectivity index (χ3n) is 3.21. The Morgan fingerprint density at radius 1 is 1.33 bits per heavy atom. The maximum Gasteiger partial charge on any atom is 0.273 e. The van der Waals surface area contributed by atoms with Crippen LogP contribution >= 0.6 is 0 Å². The van der Waals surface area contributed by atoms with E-state index >= 15 is 0 Å². The van der Waals surface area contributed by atoms with Crippen molar-refractivity contribution in [1.29, 1.82) is 0 Å². The second-order valence-corrected chi connectivity index (χ2v) is 4.67. The molecular weight excluding hydrogens is 270 g/mol. The molecule has 0 fully saturated rings. The summed E-state index contributed by atoms with van der Waals surface area (Å²) in [5.74, 6) is 5.35. The van der Waals surface area contributed by atoms with Crippen LogP contribution in [0, 0.1) is 10.1 Å². The standard InChI is InChI=1S/C14H17N5O2/c1-18(7-4-11-2-5-16-6-3-11)13-8-12(17-15)9-14(10-13)19(20)21/h2-3,5-6,8-10,17H,4,7,15H2,1H3. The zero-order valence-electron chi connectivity index (χ0n) is 11.7. The molecule has 0 radical (unpaired) electrons. The quantitative estimate of drug-likeness (QED) is 0.479. The molecule has 110 valence electrons. The summed E-state index contributed by atoms with van der Waals surface area (Å²) in [6.07, 6.45) is 4.32. The van der Waals surface area contributed by atoms with E-state index in [1.807, 2.05) is 24.1 Å². The molecule has 2 aromatic rings.